The number of hydrogen-bond donors (Lipinski definition) is 1. The SMILES string of the molecule is CNCC1CCC(C(C)(C)C)CC1CC(C)C. The van der Waals surface area contributed by atoms with Crippen LogP contribution in [0.5, 0.6) is 0 Å². The maximum atomic E-state index is 3.39. The third kappa shape index (κ3) is 4.62. The molecule has 0 aromatic carbocycles. The first-order valence-electron chi connectivity index (χ1n) is 7.49. The molecule has 1 N–H and O–H groups in total. The number of rotatable bonds is 4. The molecule has 0 heterocycles. The molecular formula is C16H33N. The molecule has 0 aromatic heterocycles. The van der Waals surface area contributed by atoms with Gasteiger partial charge in [-0.25, -0.2) is 0 Å². The van der Waals surface area contributed by atoms with E-state index in [1.165, 1.54) is 32.2 Å². The van der Waals surface area contributed by atoms with Crippen molar-refractivity contribution in [3.05, 3.63) is 0 Å². The summed E-state index contributed by atoms with van der Waals surface area (Å²) in [7, 11) is 2.10. The highest BCUT2D eigenvalue weighted by molar-refractivity contribution is 4.86. The van der Waals surface area contributed by atoms with Crippen LogP contribution < -0.4 is 5.32 Å². The molecule has 1 nitrogen and oxygen atoms in total. The number of nitrogens with one attached hydrogen (secondary N) is 1. The van der Waals surface area contributed by atoms with E-state index >= 15 is 0 Å². The third-order valence-electron chi connectivity index (χ3n) is 4.61. The van der Waals surface area contributed by atoms with Gasteiger partial charge in [-0.3, -0.25) is 0 Å². The fraction of sp³-hybridized carbons (Fsp3) is 1.00. The van der Waals surface area contributed by atoms with Gasteiger partial charge in [-0.1, -0.05) is 34.6 Å². The molecule has 1 saturated carbocycles. The molecule has 1 aliphatic rings. The number of hydrogen-bond acceptors (Lipinski definition) is 1. The summed E-state index contributed by atoms with van der Waals surface area (Å²) in [6, 6.07) is 0. The first-order valence-corrected chi connectivity index (χ1v) is 7.49. The largest absolute Gasteiger partial charge is 0.319 e. The second kappa shape index (κ2) is 6.22. The van der Waals surface area contributed by atoms with Crippen molar-refractivity contribution >= 4 is 0 Å². The summed E-state index contributed by atoms with van der Waals surface area (Å²) in [5.74, 6) is 3.64. The summed E-state index contributed by atoms with van der Waals surface area (Å²) in [5, 5.41) is 3.39. The van der Waals surface area contributed by atoms with Crippen LogP contribution in [0.1, 0.15) is 60.3 Å². The molecule has 0 amide bonds. The van der Waals surface area contributed by atoms with Crippen LogP contribution >= 0.6 is 0 Å². The molecule has 3 unspecified atom stereocenters. The van der Waals surface area contributed by atoms with Crippen LogP contribution in [0.25, 0.3) is 0 Å². The summed E-state index contributed by atoms with van der Waals surface area (Å²) in [6.07, 6.45) is 5.73. The Hall–Kier alpha value is -0.0400. The minimum absolute atomic E-state index is 0.500. The Morgan fingerprint density at radius 2 is 1.76 bits per heavy atom. The van der Waals surface area contributed by atoms with Crippen molar-refractivity contribution in [2.24, 2.45) is 29.1 Å². The fourth-order valence-electron chi connectivity index (χ4n) is 3.54. The zero-order valence-corrected chi connectivity index (χ0v) is 12.8. The molecule has 0 aliphatic heterocycles. The summed E-state index contributed by atoms with van der Waals surface area (Å²) in [4.78, 5) is 0. The van der Waals surface area contributed by atoms with Crippen LogP contribution in [-0.4, -0.2) is 13.6 Å². The van der Waals surface area contributed by atoms with E-state index in [1.54, 1.807) is 0 Å². The van der Waals surface area contributed by atoms with E-state index in [-0.39, 0.29) is 0 Å². The van der Waals surface area contributed by atoms with Gasteiger partial charge in [0.15, 0.2) is 0 Å². The summed E-state index contributed by atoms with van der Waals surface area (Å²) < 4.78 is 0. The Labute approximate surface area is 109 Å². The van der Waals surface area contributed by atoms with Gasteiger partial charge in [-0.15, -0.1) is 0 Å². The lowest BCUT2D eigenvalue weighted by atomic mass is 9.64. The topological polar surface area (TPSA) is 12.0 Å². The lowest BCUT2D eigenvalue weighted by molar-refractivity contribution is 0.0865. The second-order valence-corrected chi connectivity index (χ2v) is 7.58. The monoisotopic (exact) mass is 239 g/mol. The maximum absolute atomic E-state index is 3.39. The van der Waals surface area contributed by atoms with E-state index < -0.39 is 0 Å². The van der Waals surface area contributed by atoms with Crippen LogP contribution in [0.2, 0.25) is 0 Å². The van der Waals surface area contributed by atoms with E-state index in [0.717, 1.165) is 23.7 Å². The quantitative estimate of drug-likeness (QED) is 0.770. The van der Waals surface area contributed by atoms with Gasteiger partial charge in [-0.2, -0.15) is 0 Å². The Kier molecular flexibility index (Phi) is 5.50. The first kappa shape index (κ1) is 15.0. The highest BCUT2D eigenvalue weighted by Gasteiger charge is 2.35. The van der Waals surface area contributed by atoms with E-state index in [1.807, 2.05) is 0 Å². The smallest absolute Gasteiger partial charge is 0.00209 e. The van der Waals surface area contributed by atoms with Crippen molar-refractivity contribution in [2.75, 3.05) is 13.6 Å². The van der Waals surface area contributed by atoms with E-state index in [4.69, 9.17) is 0 Å². The molecule has 3 atom stereocenters. The standard InChI is InChI=1S/C16H33N/c1-12(2)9-14-10-15(16(3,4)5)8-7-13(14)11-17-6/h12-15,17H,7-11H2,1-6H3. The van der Waals surface area contributed by atoms with Crippen LogP contribution in [0.3, 0.4) is 0 Å². The molecule has 0 spiro atoms. The highest BCUT2D eigenvalue weighted by Crippen LogP contribution is 2.44. The van der Waals surface area contributed by atoms with Crippen LogP contribution in [-0.2, 0) is 0 Å². The Morgan fingerprint density at radius 1 is 1.12 bits per heavy atom. The molecule has 0 bridgehead atoms. The van der Waals surface area contributed by atoms with Crippen molar-refractivity contribution in [1.29, 1.82) is 0 Å². The molecule has 0 aromatic rings. The van der Waals surface area contributed by atoms with Crippen molar-refractivity contribution in [2.45, 2.75) is 60.3 Å². The van der Waals surface area contributed by atoms with Gasteiger partial charge in [0.1, 0.15) is 0 Å². The summed E-state index contributed by atoms with van der Waals surface area (Å²) in [6.45, 7) is 13.2. The zero-order valence-electron chi connectivity index (χ0n) is 12.8. The molecule has 1 heteroatoms. The maximum Gasteiger partial charge on any atom is -0.00209 e. The van der Waals surface area contributed by atoms with Crippen LogP contribution in [0.15, 0.2) is 0 Å². The van der Waals surface area contributed by atoms with Gasteiger partial charge in [-0.05, 0) is 68.4 Å². The first-order chi connectivity index (χ1) is 7.84. The van der Waals surface area contributed by atoms with Gasteiger partial charge < -0.3 is 5.32 Å². The van der Waals surface area contributed by atoms with E-state index in [2.05, 4.69) is 47.0 Å². The molecule has 1 aliphatic carbocycles. The molecule has 1 rings (SSSR count). The normalized spacial score (nSPS) is 30.9. The van der Waals surface area contributed by atoms with Crippen LogP contribution in [0.4, 0.5) is 0 Å². The Bertz CT molecular complexity index is 214. The predicted molar refractivity (Wildman–Crippen MR) is 77.2 cm³/mol. The third-order valence-corrected chi connectivity index (χ3v) is 4.61. The fourth-order valence-corrected chi connectivity index (χ4v) is 3.54. The van der Waals surface area contributed by atoms with Crippen molar-refractivity contribution < 1.29 is 0 Å². The average Bonchev–Trinajstić information content (AvgIpc) is 2.18. The predicted octanol–water partition coefficient (Wildman–Crippen LogP) is 4.33. The Balaban J connectivity index is 2.62. The van der Waals surface area contributed by atoms with Crippen molar-refractivity contribution in [1.82, 2.24) is 5.32 Å². The lowest BCUT2D eigenvalue weighted by Crippen LogP contribution is -2.36. The summed E-state index contributed by atoms with van der Waals surface area (Å²) >= 11 is 0. The van der Waals surface area contributed by atoms with Gasteiger partial charge in [0.25, 0.3) is 0 Å². The molecule has 0 radical (unpaired) electrons. The van der Waals surface area contributed by atoms with Crippen LogP contribution in [0, 0.1) is 29.1 Å². The molecule has 0 saturated heterocycles. The Morgan fingerprint density at radius 3 is 2.24 bits per heavy atom. The average molecular weight is 239 g/mol. The molecule has 1 fully saturated rings. The van der Waals surface area contributed by atoms with Gasteiger partial charge >= 0.3 is 0 Å². The second-order valence-electron chi connectivity index (χ2n) is 7.58. The van der Waals surface area contributed by atoms with Crippen molar-refractivity contribution in [3.63, 3.8) is 0 Å². The lowest BCUT2D eigenvalue weighted by Gasteiger charge is -2.42. The zero-order chi connectivity index (χ0) is 13.1. The summed E-state index contributed by atoms with van der Waals surface area (Å²) in [5.41, 5.74) is 0.500. The minimum Gasteiger partial charge on any atom is -0.319 e. The van der Waals surface area contributed by atoms with E-state index in [0.29, 0.717) is 5.41 Å². The molecule has 17 heavy (non-hydrogen) atoms. The van der Waals surface area contributed by atoms with E-state index in [9.17, 15) is 0 Å². The van der Waals surface area contributed by atoms with Crippen molar-refractivity contribution in [3.8, 4) is 0 Å². The van der Waals surface area contributed by atoms with Gasteiger partial charge in [0, 0.05) is 0 Å². The molecule has 102 valence electrons. The van der Waals surface area contributed by atoms with Gasteiger partial charge in [0.2, 0.25) is 0 Å². The molecular weight excluding hydrogens is 206 g/mol. The van der Waals surface area contributed by atoms with Gasteiger partial charge in [0.05, 0.1) is 0 Å². The highest BCUT2D eigenvalue weighted by atomic mass is 14.8. The minimum atomic E-state index is 0.500.